The highest BCUT2D eigenvalue weighted by Gasteiger charge is 2.32. The monoisotopic (exact) mass is 536 g/mol. The zero-order valence-corrected chi connectivity index (χ0v) is 24.0. The topological polar surface area (TPSA) is 49.4 Å². The Morgan fingerprint density at radius 1 is 0.892 bits per heavy atom. The zero-order chi connectivity index (χ0) is 27.0. The average molecular weight is 537 g/mol. The molecule has 0 unspecified atom stereocenters. The first-order valence-corrected chi connectivity index (χ1v) is 14.1. The summed E-state index contributed by atoms with van der Waals surface area (Å²) in [6.45, 7) is 10.3. The van der Waals surface area contributed by atoms with Gasteiger partial charge in [-0.25, -0.2) is 0 Å². The molecule has 0 spiro atoms. The molecule has 3 rings (SSSR count). The molecule has 0 radical (unpaired) electrons. The number of hydrogen-bond acceptors (Lipinski definition) is 3. The van der Waals surface area contributed by atoms with Gasteiger partial charge in [-0.15, -0.1) is 11.8 Å². The molecule has 0 aliphatic carbocycles. The minimum atomic E-state index is -0.657. The summed E-state index contributed by atoms with van der Waals surface area (Å²) in [4.78, 5) is 29.1. The van der Waals surface area contributed by atoms with Crippen LogP contribution in [-0.2, 0) is 28.3 Å². The molecule has 1 atom stereocenters. The van der Waals surface area contributed by atoms with Crippen LogP contribution in [0, 0.1) is 13.8 Å². The maximum atomic E-state index is 13.8. The quantitative estimate of drug-likeness (QED) is 0.312. The molecule has 4 nitrogen and oxygen atoms in total. The van der Waals surface area contributed by atoms with Crippen LogP contribution >= 0.6 is 23.4 Å². The van der Waals surface area contributed by atoms with Crippen molar-refractivity contribution in [2.24, 2.45) is 0 Å². The van der Waals surface area contributed by atoms with E-state index in [0.717, 1.165) is 16.9 Å². The predicted octanol–water partition coefficient (Wildman–Crippen LogP) is 6.74. The van der Waals surface area contributed by atoms with Gasteiger partial charge in [0.2, 0.25) is 11.8 Å². The highest BCUT2D eigenvalue weighted by molar-refractivity contribution is 7.99. The molecule has 0 fully saturated rings. The van der Waals surface area contributed by atoms with Crippen LogP contribution in [0.4, 0.5) is 0 Å². The van der Waals surface area contributed by atoms with Crippen LogP contribution in [0.1, 0.15) is 48.6 Å². The van der Waals surface area contributed by atoms with Gasteiger partial charge in [-0.1, -0.05) is 83.4 Å². The van der Waals surface area contributed by atoms with E-state index in [0.29, 0.717) is 18.0 Å². The van der Waals surface area contributed by atoms with E-state index in [9.17, 15) is 9.59 Å². The van der Waals surface area contributed by atoms with Crippen molar-refractivity contribution in [3.05, 3.63) is 106 Å². The number of rotatable bonds is 10. The Labute approximate surface area is 230 Å². The number of halogens is 1. The smallest absolute Gasteiger partial charge is 0.243 e. The van der Waals surface area contributed by atoms with Crippen LogP contribution in [-0.4, -0.2) is 34.0 Å². The summed E-state index contributed by atoms with van der Waals surface area (Å²) in [5.41, 5.74) is 5.10. The lowest BCUT2D eigenvalue weighted by Gasteiger charge is -2.34. The van der Waals surface area contributed by atoms with Crippen molar-refractivity contribution in [1.29, 1.82) is 0 Å². The van der Waals surface area contributed by atoms with Crippen LogP contribution in [0.15, 0.2) is 72.8 Å². The Balaban J connectivity index is 1.87. The number of benzene rings is 3. The van der Waals surface area contributed by atoms with Crippen molar-refractivity contribution < 1.29 is 9.59 Å². The van der Waals surface area contributed by atoms with E-state index in [1.165, 1.54) is 16.7 Å². The number of aryl methyl sites for hydroxylation is 2. The molecular weight excluding hydrogens is 500 g/mol. The van der Waals surface area contributed by atoms with Crippen molar-refractivity contribution in [3.8, 4) is 0 Å². The lowest BCUT2D eigenvalue weighted by atomic mass is 10.0. The van der Waals surface area contributed by atoms with E-state index in [-0.39, 0.29) is 17.6 Å². The molecule has 0 aromatic heterocycles. The van der Waals surface area contributed by atoms with Gasteiger partial charge in [-0.2, -0.15) is 0 Å². The molecule has 0 saturated heterocycles. The van der Waals surface area contributed by atoms with Gasteiger partial charge in [0.15, 0.2) is 0 Å². The molecular formula is C31H37ClN2O2S. The number of carbonyl (C=O) groups is 2. The molecule has 0 heterocycles. The summed E-state index contributed by atoms with van der Waals surface area (Å²) in [6.07, 6.45) is 0.427. The first-order valence-electron chi connectivity index (χ1n) is 12.5. The van der Waals surface area contributed by atoms with E-state index >= 15 is 0 Å². The third-order valence-electron chi connectivity index (χ3n) is 5.79. The van der Waals surface area contributed by atoms with Crippen molar-refractivity contribution in [3.63, 3.8) is 0 Å². The summed E-state index contributed by atoms with van der Waals surface area (Å²) in [7, 11) is 0. The SMILES string of the molecule is Cc1cc(C)cc(CSCC(=O)N(Cc2cccc(Cl)c2)[C@@H](Cc2ccccc2)C(=O)NC(C)(C)C)c1. The van der Waals surface area contributed by atoms with Crippen molar-refractivity contribution in [1.82, 2.24) is 10.2 Å². The second kappa shape index (κ2) is 13.2. The Bertz CT molecular complexity index is 1190. The number of nitrogens with zero attached hydrogens (tertiary/aromatic N) is 1. The normalized spacial score (nSPS) is 12.2. The Kier molecular flexibility index (Phi) is 10.2. The first-order chi connectivity index (χ1) is 17.5. The van der Waals surface area contributed by atoms with Gasteiger partial charge in [-0.05, 0) is 63.4 Å². The third-order valence-corrected chi connectivity index (χ3v) is 7.01. The fourth-order valence-electron chi connectivity index (χ4n) is 4.33. The van der Waals surface area contributed by atoms with Crippen molar-refractivity contribution in [2.75, 3.05) is 5.75 Å². The van der Waals surface area contributed by atoms with Gasteiger partial charge in [-0.3, -0.25) is 9.59 Å². The van der Waals surface area contributed by atoms with E-state index in [1.807, 2.05) is 75.4 Å². The number of hydrogen-bond donors (Lipinski definition) is 1. The Morgan fingerprint density at radius 3 is 2.16 bits per heavy atom. The minimum Gasteiger partial charge on any atom is -0.350 e. The molecule has 0 bridgehead atoms. The standard InChI is InChI=1S/C31H37ClN2O2S/c1-22-14-23(2)16-26(15-22)20-37-21-29(35)34(19-25-12-9-13-27(32)17-25)28(30(36)33-31(3,4)5)18-24-10-7-6-8-11-24/h6-17,28H,18-21H2,1-5H3,(H,33,36)/t28-/m0/s1. The maximum Gasteiger partial charge on any atom is 0.243 e. The lowest BCUT2D eigenvalue weighted by molar-refractivity contribution is -0.140. The highest BCUT2D eigenvalue weighted by atomic mass is 35.5. The van der Waals surface area contributed by atoms with Crippen LogP contribution < -0.4 is 5.32 Å². The molecule has 0 saturated carbocycles. The fourth-order valence-corrected chi connectivity index (χ4v) is 5.39. The molecule has 37 heavy (non-hydrogen) atoms. The first kappa shape index (κ1) is 28.8. The molecule has 2 amide bonds. The van der Waals surface area contributed by atoms with Gasteiger partial charge in [0.05, 0.1) is 5.75 Å². The highest BCUT2D eigenvalue weighted by Crippen LogP contribution is 2.21. The van der Waals surface area contributed by atoms with Crippen LogP contribution in [0.3, 0.4) is 0 Å². The van der Waals surface area contributed by atoms with Gasteiger partial charge < -0.3 is 10.2 Å². The van der Waals surface area contributed by atoms with Gasteiger partial charge >= 0.3 is 0 Å². The van der Waals surface area contributed by atoms with Gasteiger partial charge in [0.25, 0.3) is 0 Å². The average Bonchev–Trinajstić information content (AvgIpc) is 2.80. The summed E-state index contributed by atoms with van der Waals surface area (Å²) in [6, 6.07) is 23.1. The van der Waals surface area contributed by atoms with Crippen molar-refractivity contribution in [2.45, 2.75) is 64.9 Å². The fraction of sp³-hybridized carbons (Fsp3) is 0.355. The second-order valence-electron chi connectivity index (χ2n) is 10.6. The van der Waals surface area contributed by atoms with Crippen LogP contribution in [0.2, 0.25) is 5.02 Å². The molecule has 6 heteroatoms. The third kappa shape index (κ3) is 9.56. The Morgan fingerprint density at radius 2 is 1.54 bits per heavy atom. The summed E-state index contributed by atoms with van der Waals surface area (Å²) in [5.74, 6) is 0.781. The van der Waals surface area contributed by atoms with E-state index in [2.05, 4.69) is 37.4 Å². The summed E-state index contributed by atoms with van der Waals surface area (Å²) in [5, 5.41) is 3.71. The molecule has 1 N–H and O–H groups in total. The number of thioether (sulfide) groups is 1. The number of amides is 2. The molecule has 3 aromatic carbocycles. The van der Waals surface area contributed by atoms with Gasteiger partial charge in [0.1, 0.15) is 6.04 Å². The molecule has 0 aliphatic rings. The van der Waals surface area contributed by atoms with E-state index in [4.69, 9.17) is 11.6 Å². The second-order valence-corrected chi connectivity index (χ2v) is 12.0. The van der Waals surface area contributed by atoms with Crippen molar-refractivity contribution >= 4 is 35.2 Å². The van der Waals surface area contributed by atoms with E-state index in [1.54, 1.807) is 16.7 Å². The molecule has 196 valence electrons. The predicted molar refractivity (Wildman–Crippen MR) is 156 cm³/mol. The lowest BCUT2D eigenvalue weighted by Crippen LogP contribution is -2.54. The number of carbonyl (C=O) groups excluding carboxylic acids is 2. The van der Waals surface area contributed by atoms with Crippen LogP contribution in [0.5, 0.6) is 0 Å². The molecule has 0 aliphatic heterocycles. The minimum absolute atomic E-state index is 0.0701. The summed E-state index contributed by atoms with van der Waals surface area (Å²) >= 11 is 7.83. The largest absolute Gasteiger partial charge is 0.350 e. The summed E-state index contributed by atoms with van der Waals surface area (Å²) < 4.78 is 0. The molecule has 3 aromatic rings. The van der Waals surface area contributed by atoms with E-state index < -0.39 is 11.6 Å². The zero-order valence-electron chi connectivity index (χ0n) is 22.4. The van der Waals surface area contributed by atoms with Gasteiger partial charge in [0, 0.05) is 29.3 Å². The number of nitrogens with one attached hydrogen (secondary N) is 1. The maximum absolute atomic E-state index is 13.8. The van der Waals surface area contributed by atoms with Crippen LogP contribution in [0.25, 0.3) is 0 Å². The Hall–Kier alpha value is -2.76.